The van der Waals surface area contributed by atoms with Crippen LogP contribution in [-0.4, -0.2) is 30.3 Å². The maximum Gasteiger partial charge on any atom is 0.255 e. The molecule has 4 nitrogen and oxygen atoms in total. The Morgan fingerprint density at radius 2 is 2.18 bits per heavy atom. The minimum absolute atomic E-state index is 0.186. The van der Waals surface area contributed by atoms with Crippen molar-refractivity contribution in [1.29, 1.82) is 0 Å². The van der Waals surface area contributed by atoms with Crippen LogP contribution in [0.25, 0.3) is 0 Å². The van der Waals surface area contributed by atoms with Gasteiger partial charge >= 0.3 is 0 Å². The molecule has 2 N–H and O–H groups in total. The SMILES string of the molecule is COc1cc(Br)ccc1C(=O)NCC(C)(C)O. The molecule has 94 valence electrons. The Kier molecular flexibility index (Phi) is 4.54. The van der Waals surface area contributed by atoms with E-state index in [9.17, 15) is 9.90 Å². The Labute approximate surface area is 109 Å². The monoisotopic (exact) mass is 301 g/mol. The van der Waals surface area contributed by atoms with E-state index >= 15 is 0 Å². The lowest BCUT2D eigenvalue weighted by Gasteiger charge is -2.18. The Morgan fingerprint density at radius 1 is 1.53 bits per heavy atom. The molecule has 0 bridgehead atoms. The van der Waals surface area contributed by atoms with Crippen molar-refractivity contribution in [1.82, 2.24) is 5.32 Å². The Morgan fingerprint density at radius 3 is 2.71 bits per heavy atom. The average Bonchev–Trinajstić information content (AvgIpc) is 2.24. The summed E-state index contributed by atoms with van der Waals surface area (Å²) >= 11 is 3.31. The van der Waals surface area contributed by atoms with Crippen LogP contribution >= 0.6 is 15.9 Å². The minimum Gasteiger partial charge on any atom is -0.496 e. The van der Waals surface area contributed by atoms with Crippen LogP contribution in [0.2, 0.25) is 0 Å². The smallest absolute Gasteiger partial charge is 0.255 e. The topological polar surface area (TPSA) is 58.6 Å². The average molecular weight is 302 g/mol. The first-order valence-corrected chi connectivity index (χ1v) is 5.97. The second-order valence-corrected chi connectivity index (χ2v) is 5.26. The van der Waals surface area contributed by atoms with E-state index in [1.807, 2.05) is 0 Å². The molecule has 1 rings (SSSR count). The van der Waals surface area contributed by atoms with Gasteiger partial charge in [0.1, 0.15) is 5.75 Å². The highest BCUT2D eigenvalue weighted by atomic mass is 79.9. The van der Waals surface area contributed by atoms with Crippen LogP contribution in [0.4, 0.5) is 0 Å². The molecule has 1 aromatic rings. The fraction of sp³-hybridized carbons (Fsp3) is 0.417. The van der Waals surface area contributed by atoms with Crippen LogP contribution in [0.1, 0.15) is 24.2 Å². The lowest BCUT2D eigenvalue weighted by atomic mass is 10.1. The molecule has 1 amide bonds. The molecule has 0 aliphatic heterocycles. The van der Waals surface area contributed by atoms with Gasteiger partial charge in [-0.3, -0.25) is 4.79 Å². The standard InChI is InChI=1S/C12H16BrNO3/c1-12(2,16)7-14-11(15)9-5-4-8(13)6-10(9)17-3/h4-6,16H,7H2,1-3H3,(H,14,15). The number of aliphatic hydroxyl groups is 1. The first-order chi connectivity index (χ1) is 7.83. The Balaban J connectivity index is 2.82. The van der Waals surface area contributed by atoms with Gasteiger partial charge in [0.2, 0.25) is 0 Å². The minimum atomic E-state index is -0.932. The van der Waals surface area contributed by atoms with Gasteiger partial charge < -0.3 is 15.2 Å². The molecule has 0 heterocycles. The zero-order chi connectivity index (χ0) is 13.1. The van der Waals surface area contributed by atoms with E-state index in [4.69, 9.17) is 4.74 Å². The van der Waals surface area contributed by atoms with Gasteiger partial charge in [0.15, 0.2) is 0 Å². The van der Waals surface area contributed by atoms with Crippen LogP contribution in [-0.2, 0) is 0 Å². The fourth-order valence-corrected chi connectivity index (χ4v) is 1.58. The van der Waals surface area contributed by atoms with Gasteiger partial charge in [-0.1, -0.05) is 15.9 Å². The predicted molar refractivity (Wildman–Crippen MR) is 69.3 cm³/mol. The normalized spacial score (nSPS) is 11.1. The molecular weight excluding hydrogens is 286 g/mol. The maximum absolute atomic E-state index is 11.9. The van der Waals surface area contributed by atoms with E-state index in [0.717, 1.165) is 4.47 Å². The number of carbonyl (C=O) groups is 1. The summed E-state index contributed by atoms with van der Waals surface area (Å²) in [6.07, 6.45) is 0. The number of amides is 1. The summed E-state index contributed by atoms with van der Waals surface area (Å²) in [7, 11) is 1.51. The van der Waals surface area contributed by atoms with Crippen molar-refractivity contribution in [3.05, 3.63) is 28.2 Å². The molecule has 1 aromatic carbocycles. The molecule has 0 unspecified atom stereocenters. The third kappa shape index (κ3) is 4.36. The second-order valence-electron chi connectivity index (χ2n) is 4.34. The van der Waals surface area contributed by atoms with E-state index in [1.54, 1.807) is 32.0 Å². The molecule has 0 spiro atoms. The third-order valence-electron chi connectivity index (χ3n) is 2.09. The van der Waals surface area contributed by atoms with Crippen molar-refractivity contribution < 1.29 is 14.6 Å². The summed E-state index contributed by atoms with van der Waals surface area (Å²) in [5.74, 6) is 0.226. The van der Waals surface area contributed by atoms with Crippen molar-refractivity contribution in [2.75, 3.05) is 13.7 Å². The van der Waals surface area contributed by atoms with E-state index < -0.39 is 5.60 Å². The number of methoxy groups -OCH3 is 1. The van der Waals surface area contributed by atoms with Crippen molar-refractivity contribution in [2.24, 2.45) is 0 Å². The largest absolute Gasteiger partial charge is 0.496 e. The Bertz CT molecular complexity index is 413. The molecule has 0 saturated carbocycles. The molecule has 0 saturated heterocycles. The summed E-state index contributed by atoms with van der Waals surface area (Å²) in [5, 5.41) is 12.2. The molecule has 0 fully saturated rings. The molecule has 5 heteroatoms. The number of halogens is 1. The summed E-state index contributed by atoms with van der Waals surface area (Å²) in [6, 6.07) is 5.16. The summed E-state index contributed by atoms with van der Waals surface area (Å²) in [5.41, 5.74) is -0.488. The van der Waals surface area contributed by atoms with Crippen molar-refractivity contribution in [2.45, 2.75) is 19.4 Å². The van der Waals surface area contributed by atoms with Crippen LogP contribution in [0, 0.1) is 0 Å². The molecule has 0 aliphatic rings. The molecule has 0 radical (unpaired) electrons. The van der Waals surface area contributed by atoms with E-state index in [2.05, 4.69) is 21.2 Å². The summed E-state index contributed by atoms with van der Waals surface area (Å²) in [6.45, 7) is 3.45. The van der Waals surface area contributed by atoms with Crippen LogP contribution in [0.15, 0.2) is 22.7 Å². The van der Waals surface area contributed by atoms with Crippen molar-refractivity contribution in [3.8, 4) is 5.75 Å². The maximum atomic E-state index is 11.9. The zero-order valence-electron chi connectivity index (χ0n) is 10.1. The van der Waals surface area contributed by atoms with Gasteiger partial charge in [-0.15, -0.1) is 0 Å². The predicted octanol–water partition coefficient (Wildman–Crippen LogP) is 1.96. The first-order valence-electron chi connectivity index (χ1n) is 5.17. The molecular formula is C12H16BrNO3. The van der Waals surface area contributed by atoms with Gasteiger partial charge in [-0.05, 0) is 32.0 Å². The number of hydrogen-bond donors (Lipinski definition) is 2. The highest BCUT2D eigenvalue weighted by molar-refractivity contribution is 9.10. The quantitative estimate of drug-likeness (QED) is 0.894. The van der Waals surface area contributed by atoms with Crippen LogP contribution in [0.5, 0.6) is 5.75 Å². The van der Waals surface area contributed by atoms with Crippen LogP contribution < -0.4 is 10.1 Å². The fourth-order valence-electron chi connectivity index (χ4n) is 1.24. The van der Waals surface area contributed by atoms with Crippen molar-refractivity contribution in [3.63, 3.8) is 0 Å². The highest BCUT2D eigenvalue weighted by Crippen LogP contribution is 2.23. The summed E-state index contributed by atoms with van der Waals surface area (Å²) in [4.78, 5) is 11.9. The third-order valence-corrected chi connectivity index (χ3v) is 2.58. The van der Waals surface area contributed by atoms with E-state index in [1.165, 1.54) is 7.11 Å². The molecule has 0 aromatic heterocycles. The molecule has 17 heavy (non-hydrogen) atoms. The highest BCUT2D eigenvalue weighted by Gasteiger charge is 2.17. The summed E-state index contributed by atoms with van der Waals surface area (Å²) < 4.78 is 5.97. The zero-order valence-corrected chi connectivity index (χ0v) is 11.7. The second kappa shape index (κ2) is 5.51. The molecule has 0 atom stereocenters. The number of nitrogens with one attached hydrogen (secondary N) is 1. The lowest BCUT2D eigenvalue weighted by molar-refractivity contribution is 0.0693. The molecule has 0 aliphatic carbocycles. The lowest BCUT2D eigenvalue weighted by Crippen LogP contribution is -2.38. The van der Waals surface area contributed by atoms with E-state index in [0.29, 0.717) is 11.3 Å². The van der Waals surface area contributed by atoms with Gasteiger partial charge in [0.05, 0.1) is 18.3 Å². The van der Waals surface area contributed by atoms with Gasteiger partial charge in [-0.2, -0.15) is 0 Å². The van der Waals surface area contributed by atoms with Crippen molar-refractivity contribution >= 4 is 21.8 Å². The van der Waals surface area contributed by atoms with Gasteiger partial charge in [0.25, 0.3) is 5.91 Å². The van der Waals surface area contributed by atoms with Crippen LogP contribution in [0.3, 0.4) is 0 Å². The first kappa shape index (κ1) is 14.0. The number of rotatable bonds is 4. The van der Waals surface area contributed by atoms with E-state index in [-0.39, 0.29) is 12.5 Å². The number of hydrogen-bond acceptors (Lipinski definition) is 3. The number of carbonyl (C=O) groups excluding carboxylic acids is 1. The Hall–Kier alpha value is -1.07. The number of ether oxygens (including phenoxy) is 1. The van der Waals surface area contributed by atoms with Gasteiger partial charge in [-0.25, -0.2) is 0 Å². The van der Waals surface area contributed by atoms with Gasteiger partial charge in [0, 0.05) is 11.0 Å². The number of benzene rings is 1.